The molecule has 0 aliphatic carbocycles. The molecule has 0 bridgehead atoms. The number of aliphatic hydroxyl groups excluding tert-OH is 1. The highest BCUT2D eigenvalue weighted by molar-refractivity contribution is 5.98. The SMILES string of the molecule is Cc1cc(-c2c(C(C)C)n(CCCO)c(=O)c3cc(O)ccc23)ccc1F. The van der Waals surface area contributed by atoms with Gasteiger partial charge < -0.3 is 14.8 Å². The zero-order valence-corrected chi connectivity index (χ0v) is 15.8. The van der Waals surface area contributed by atoms with E-state index < -0.39 is 0 Å². The molecule has 0 unspecified atom stereocenters. The van der Waals surface area contributed by atoms with Crippen molar-refractivity contribution < 1.29 is 14.6 Å². The van der Waals surface area contributed by atoms with Crippen LogP contribution in [0.5, 0.6) is 5.75 Å². The number of hydrogen-bond donors (Lipinski definition) is 2. The highest BCUT2D eigenvalue weighted by Gasteiger charge is 2.21. The summed E-state index contributed by atoms with van der Waals surface area (Å²) in [6.45, 7) is 6.09. The number of phenols is 1. The van der Waals surface area contributed by atoms with Crippen LogP contribution < -0.4 is 5.56 Å². The van der Waals surface area contributed by atoms with Crippen molar-refractivity contribution in [3.05, 3.63) is 63.8 Å². The fourth-order valence-corrected chi connectivity index (χ4v) is 3.61. The highest BCUT2D eigenvalue weighted by Crippen LogP contribution is 2.36. The number of benzene rings is 2. The standard InChI is InChI=1S/C22H24FNO3/c1-13(2)21-20(15-5-8-19(23)14(3)11-15)17-7-6-16(26)12-18(17)22(27)24(21)9-4-10-25/h5-8,11-13,25-26H,4,9-10H2,1-3H3. The van der Waals surface area contributed by atoms with Crippen molar-refractivity contribution in [1.29, 1.82) is 0 Å². The minimum Gasteiger partial charge on any atom is -0.508 e. The molecule has 2 aromatic carbocycles. The Balaban J connectivity index is 2.48. The number of aryl methyl sites for hydroxylation is 1. The molecule has 0 atom stereocenters. The first-order valence-electron chi connectivity index (χ1n) is 9.12. The molecule has 27 heavy (non-hydrogen) atoms. The Hall–Kier alpha value is -2.66. The summed E-state index contributed by atoms with van der Waals surface area (Å²) < 4.78 is 15.5. The third kappa shape index (κ3) is 3.47. The lowest BCUT2D eigenvalue weighted by molar-refractivity contribution is 0.278. The van der Waals surface area contributed by atoms with E-state index in [9.17, 15) is 19.4 Å². The predicted octanol–water partition coefficient (Wildman–Crippen LogP) is 4.33. The molecule has 3 aromatic rings. The van der Waals surface area contributed by atoms with Crippen LogP contribution in [0.15, 0.2) is 41.2 Å². The molecule has 1 heterocycles. The van der Waals surface area contributed by atoms with Crippen LogP contribution in [0.2, 0.25) is 0 Å². The molecule has 0 aliphatic rings. The Morgan fingerprint density at radius 1 is 1.11 bits per heavy atom. The summed E-state index contributed by atoms with van der Waals surface area (Å²) in [6.07, 6.45) is 0.450. The summed E-state index contributed by atoms with van der Waals surface area (Å²) in [6, 6.07) is 9.70. The number of hydrogen-bond acceptors (Lipinski definition) is 3. The Bertz CT molecular complexity index is 1050. The number of aliphatic hydroxyl groups is 1. The Labute approximate surface area is 157 Å². The smallest absolute Gasteiger partial charge is 0.258 e. The number of fused-ring (bicyclic) bond motifs is 1. The number of phenolic OH excluding ortho intramolecular Hbond substituents is 1. The lowest BCUT2D eigenvalue weighted by Crippen LogP contribution is -2.26. The van der Waals surface area contributed by atoms with Crippen molar-refractivity contribution in [2.24, 2.45) is 0 Å². The van der Waals surface area contributed by atoms with E-state index in [0.29, 0.717) is 23.9 Å². The molecule has 0 spiro atoms. The molecule has 3 rings (SSSR count). The zero-order chi connectivity index (χ0) is 19.7. The summed E-state index contributed by atoms with van der Waals surface area (Å²) in [5.74, 6) is -0.220. The average molecular weight is 369 g/mol. The lowest BCUT2D eigenvalue weighted by atomic mass is 9.91. The lowest BCUT2D eigenvalue weighted by Gasteiger charge is -2.23. The fourth-order valence-electron chi connectivity index (χ4n) is 3.61. The third-order valence-corrected chi connectivity index (χ3v) is 4.83. The van der Waals surface area contributed by atoms with Gasteiger partial charge in [-0.2, -0.15) is 0 Å². The Morgan fingerprint density at radius 3 is 2.48 bits per heavy atom. The molecule has 0 amide bonds. The second-order valence-corrected chi connectivity index (χ2v) is 7.14. The molecule has 0 saturated heterocycles. The third-order valence-electron chi connectivity index (χ3n) is 4.83. The molecule has 4 nitrogen and oxygen atoms in total. The van der Waals surface area contributed by atoms with Gasteiger partial charge in [-0.25, -0.2) is 4.39 Å². The summed E-state index contributed by atoms with van der Waals surface area (Å²) in [7, 11) is 0. The van der Waals surface area contributed by atoms with E-state index in [4.69, 9.17) is 0 Å². The van der Waals surface area contributed by atoms with E-state index in [2.05, 4.69) is 0 Å². The van der Waals surface area contributed by atoms with Crippen molar-refractivity contribution in [2.45, 2.75) is 39.7 Å². The minimum absolute atomic E-state index is 0.0202. The first kappa shape index (κ1) is 19.1. The number of nitrogens with zero attached hydrogens (tertiary/aromatic N) is 1. The Kier molecular flexibility index (Phi) is 5.33. The van der Waals surface area contributed by atoms with Crippen molar-refractivity contribution in [2.75, 3.05) is 6.61 Å². The second kappa shape index (κ2) is 7.53. The first-order chi connectivity index (χ1) is 12.8. The Morgan fingerprint density at radius 2 is 1.85 bits per heavy atom. The predicted molar refractivity (Wildman–Crippen MR) is 106 cm³/mol. The monoisotopic (exact) mass is 369 g/mol. The molecule has 0 aliphatic heterocycles. The zero-order valence-electron chi connectivity index (χ0n) is 15.8. The van der Waals surface area contributed by atoms with Crippen LogP contribution >= 0.6 is 0 Å². The molecular formula is C22H24FNO3. The number of aromatic nitrogens is 1. The average Bonchev–Trinajstić information content (AvgIpc) is 2.63. The van der Waals surface area contributed by atoms with Crippen molar-refractivity contribution in [3.63, 3.8) is 0 Å². The van der Waals surface area contributed by atoms with E-state index in [1.807, 2.05) is 13.8 Å². The van der Waals surface area contributed by atoms with Gasteiger partial charge in [-0.3, -0.25) is 4.79 Å². The first-order valence-corrected chi connectivity index (χ1v) is 9.12. The van der Waals surface area contributed by atoms with Gasteiger partial charge in [-0.15, -0.1) is 0 Å². The molecule has 1 aromatic heterocycles. The van der Waals surface area contributed by atoms with Gasteiger partial charge >= 0.3 is 0 Å². The van der Waals surface area contributed by atoms with Gasteiger partial charge in [-0.05, 0) is 66.1 Å². The maximum atomic E-state index is 13.8. The number of pyridine rings is 1. The van der Waals surface area contributed by atoms with E-state index in [-0.39, 0.29) is 29.7 Å². The molecular weight excluding hydrogens is 345 g/mol. The van der Waals surface area contributed by atoms with Crippen LogP contribution in [0.25, 0.3) is 21.9 Å². The van der Waals surface area contributed by atoms with E-state index in [1.54, 1.807) is 35.8 Å². The summed E-state index contributed by atoms with van der Waals surface area (Å²) >= 11 is 0. The van der Waals surface area contributed by atoms with Crippen LogP contribution in [0, 0.1) is 12.7 Å². The maximum Gasteiger partial charge on any atom is 0.258 e. The van der Waals surface area contributed by atoms with Crippen LogP contribution in [0.1, 0.15) is 37.4 Å². The molecule has 0 fully saturated rings. The summed E-state index contributed by atoms with van der Waals surface area (Å²) in [5, 5.41) is 20.3. The van der Waals surface area contributed by atoms with Crippen molar-refractivity contribution in [3.8, 4) is 16.9 Å². The second-order valence-electron chi connectivity index (χ2n) is 7.14. The molecule has 142 valence electrons. The van der Waals surface area contributed by atoms with Gasteiger partial charge in [0, 0.05) is 24.4 Å². The summed E-state index contributed by atoms with van der Waals surface area (Å²) in [5.41, 5.74) is 2.87. The summed E-state index contributed by atoms with van der Waals surface area (Å²) in [4.78, 5) is 13.1. The van der Waals surface area contributed by atoms with Gasteiger partial charge in [0.2, 0.25) is 0 Å². The number of rotatable bonds is 5. The topological polar surface area (TPSA) is 62.5 Å². The highest BCUT2D eigenvalue weighted by atomic mass is 19.1. The van der Waals surface area contributed by atoms with Crippen molar-refractivity contribution in [1.82, 2.24) is 4.57 Å². The largest absolute Gasteiger partial charge is 0.508 e. The van der Waals surface area contributed by atoms with Crippen molar-refractivity contribution >= 4 is 10.8 Å². The van der Waals surface area contributed by atoms with E-state index >= 15 is 0 Å². The normalized spacial score (nSPS) is 11.5. The van der Waals surface area contributed by atoms with Gasteiger partial charge in [0.1, 0.15) is 11.6 Å². The number of aromatic hydroxyl groups is 1. The fraction of sp³-hybridized carbons (Fsp3) is 0.318. The van der Waals surface area contributed by atoms with Gasteiger partial charge in [0.15, 0.2) is 0 Å². The van der Waals surface area contributed by atoms with Gasteiger partial charge in [-0.1, -0.05) is 19.9 Å². The minimum atomic E-state index is -0.277. The van der Waals surface area contributed by atoms with Gasteiger partial charge in [0.05, 0.1) is 5.39 Å². The maximum absolute atomic E-state index is 13.8. The molecule has 2 N–H and O–H groups in total. The van der Waals surface area contributed by atoms with Gasteiger partial charge in [0.25, 0.3) is 5.56 Å². The van der Waals surface area contributed by atoms with E-state index in [1.165, 1.54) is 12.1 Å². The van der Waals surface area contributed by atoms with Crippen LogP contribution in [-0.2, 0) is 6.54 Å². The van der Waals surface area contributed by atoms with Crippen LogP contribution in [0.3, 0.4) is 0 Å². The quantitative estimate of drug-likeness (QED) is 0.704. The molecule has 0 saturated carbocycles. The van der Waals surface area contributed by atoms with E-state index in [0.717, 1.165) is 22.2 Å². The van der Waals surface area contributed by atoms with Crippen LogP contribution in [-0.4, -0.2) is 21.4 Å². The molecule has 5 heteroatoms. The van der Waals surface area contributed by atoms with Crippen LogP contribution in [0.4, 0.5) is 4.39 Å². The number of halogens is 1. The molecule has 0 radical (unpaired) electrons.